The number of hydrogen-bond donors (Lipinski definition) is 2. The van der Waals surface area contributed by atoms with Gasteiger partial charge in [-0.05, 0) is 54.2 Å². The third-order valence-electron chi connectivity index (χ3n) is 2.93. The number of nitrogens with zero attached hydrogens (tertiary/aromatic N) is 1. The smallest absolute Gasteiger partial charge is 0.186 e. The number of benzene rings is 2. The van der Waals surface area contributed by atoms with Crippen molar-refractivity contribution in [1.29, 1.82) is 0 Å². The summed E-state index contributed by atoms with van der Waals surface area (Å²) in [6, 6.07) is 12.8. The van der Waals surface area contributed by atoms with Crippen LogP contribution in [0, 0.1) is 0 Å². The summed E-state index contributed by atoms with van der Waals surface area (Å²) in [5.74, 6) is 0.719. The Morgan fingerprint density at radius 2 is 1.83 bits per heavy atom. The first kappa shape index (κ1) is 17.5. The van der Waals surface area contributed by atoms with Gasteiger partial charge in [-0.25, -0.2) is 0 Å². The molecular weight excluding hydrogens is 353 g/mol. The van der Waals surface area contributed by atoms with Crippen LogP contribution in [-0.2, 0) is 6.61 Å². The lowest BCUT2D eigenvalue weighted by Crippen LogP contribution is -2.28. The molecule has 2 rings (SSSR count). The van der Waals surface area contributed by atoms with Crippen molar-refractivity contribution in [2.24, 2.45) is 5.10 Å². The van der Waals surface area contributed by atoms with Crippen molar-refractivity contribution in [1.82, 2.24) is 10.7 Å². The highest BCUT2D eigenvalue weighted by Gasteiger charge is 2.06. The molecule has 120 valence electrons. The molecule has 2 aromatic rings. The van der Waals surface area contributed by atoms with Crippen LogP contribution in [0.1, 0.15) is 11.1 Å². The van der Waals surface area contributed by atoms with Gasteiger partial charge in [-0.2, -0.15) is 5.10 Å². The van der Waals surface area contributed by atoms with Crippen LogP contribution < -0.4 is 15.5 Å². The lowest BCUT2D eigenvalue weighted by Gasteiger charge is -2.09. The number of rotatable bonds is 5. The summed E-state index contributed by atoms with van der Waals surface area (Å²) in [4.78, 5) is 0. The molecule has 0 aliphatic carbocycles. The minimum Gasteiger partial charge on any atom is -0.489 e. The first-order chi connectivity index (χ1) is 11.1. The number of ether oxygens (including phenoxy) is 1. The van der Waals surface area contributed by atoms with E-state index in [1.54, 1.807) is 31.5 Å². The summed E-state index contributed by atoms with van der Waals surface area (Å²) in [5.41, 5.74) is 4.37. The molecule has 4 nitrogen and oxygen atoms in total. The van der Waals surface area contributed by atoms with E-state index in [1.807, 2.05) is 24.3 Å². The predicted molar refractivity (Wildman–Crippen MR) is 99.6 cm³/mol. The number of thiocarbonyl (C=S) groups is 1. The van der Waals surface area contributed by atoms with Crippen LogP contribution >= 0.6 is 35.4 Å². The Balaban J connectivity index is 1.94. The van der Waals surface area contributed by atoms with E-state index in [0.29, 0.717) is 21.8 Å². The Morgan fingerprint density at radius 3 is 2.43 bits per heavy atom. The van der Waals surface area contributed by atoms with Gasteiger partial charge >= 0.3 is 0 Å². The van der Waals surface area contributed by atoms with Crippen molar-refractivity contribution in [2.45, 2.75) is 6.61 Å². The van der Waals surface area contributed by atoms with E-state index in [-0.39, 0.29) is 0 Å². The molecule has 7 heteroatoms. The Bertz CT molecular complexity index is 685. The number of hydrazone groups is 1. The SMILES string of the molecule is CNC(=S)N/N=C/c1ccc(OCc2c(Cl)cccc2Cl)cc1. The van der Waals surface area contributed by atoms with Crippen molar-refractivity contribution in [2.75, 3.05) is 7.05 Å². The zero-order valence-electron chi connectivity index (χ0n) is 12.3. The molecule has 0 aliphatic heterocycles. The summed E-state index contributed by atoms with van der Waals surface area (Å²) in [5, 5.41) is 8.41. The number of halogens is 2. The monoisotopic (exact) mass is 367 g/mol. The Labute approximate surface area is 150 Å². The average Bonchev–Trinajstić information content (AvgIpc) is 2.55. The molecule has 0 bridgehead atoms. The molecule has 0 aliphatic rings. The molecule has 0 aromatic heterocycles. The Kier molecular flexibility index (Phi) is 6.65. The van der Waals surface area contributed by atoms with Gasteiger partial charge in [0.2, 0.25) is 0 Å². The Morgan fingerprint density at radius 1 is 1.17 bits per heavy atom. The fourth-order valence-corrected chi connectivity index (χ4v) is 2.26. The third-order valence-corrected chi connectivity index (χ3v) is 3.94. The number of hydrogen-bond acceptors (Lipinski definition) is 3. The third kappa shape index (κ3) is 5.39. The molecule has 0 heterocycles. The average molecular weight is 368 g/mol. The van der Waals surface area contributed by atoms with Gasteiger partial charge in [0, 0.05) is 22.7 Å². The van der Waals surface area contributed by atoms with Gasteiger partial charge < -0.3 is 10.1 Å². The molecule has 0 spiro atoms. The minimum absolute atomic E-state index is 0.309. The van der Waals surface area contributed by atoms with Crippen LogP contribution in [0.5, 0.6) is 5.75 Å². The van der Waals surface area contributed by atoms with Gasteiger partial charge in [-0.1, -0.05) is 29.3 Å². The fourth-order valence-electron chi connectivity index (χ4n) is 1.70. The molecule has 0 unspecified atom stereocenters. The zero-order chi connectivity index (χ0) is 16.7. The topological polar surface area (TPSA) is 45.7 Å². The van der Waals surface area contributed by atoms with E-state index in [2.05, 4.69) is 15.8 Å². The van der Waals surface area contributed by atoms with E-state index in [1.165, 1.54) is 0 Å². The number of nitrogens with one attached hydrogen (secondary N) is 2. The molecule has 2 aromatic carbocycles. The van der Waals surface area contributed by atoms with Crippen LogP contribution in [-0.4, -0.2) is 18.4 Å². The summed E-state index contributed by atoms with van der Waals surface area (Å²) >= 11 is 17.1. The van der Waals surface area contributed by atoms with Crippen LogP contribution in [0.15, 0.2) is 47.6 Å². The maximum absolute atomic E-state index is 6.11. The van der Waals surface area contributed by atoms with Crippen molar-refractivity contribution in [3.05, 3.63) is 63.6 Å². The lowest BCUT2D eigenvalue weighted by atomic mass is 10.2. The molecule has 0 fully saturated rings. The summed E-state index contributed by atoms with van der Waals surface area (Å²) in [7, 11) is 1.72. The van der Waals surface area contributed by atoms with E-state index in [0.717, 1.165) is 16.9 Å². The van der Waals surface area contributed by atoms with Crippen LogP contribution in [0.4, 0.5) is 0 Å². The molecule has 0 saturated heterocycles. The molecular formula is C16H15Cl2N3OS. The van der Waals surface area contributed by atoms with Crippen LogP contribution in [0.3, 0.4) is 0 Å². The normalized spacial score (nSPS) is 10.6. The maximum Gasteiger partial charge on any atom is 0.186 e. The first-order valence-corrected chi connectivity index (χ1v) is 7.93. The second-order valence-corrected chi connectivity index (χ2v) is 5.73. The largest absolute Gasteiger partial charge is 0.489 e. The summed E-state index contributed by atoms with van der Waals surface area (Å²) in [6.07, 6.45) is 1.67. The van der Waals surface area contributed by atoms with Gasteiger partial charge in [0.1, 0.15) is 12.4 Å². The van der Waals surface area contributed by atoms with Crippen molar-refractivity contribution in [3.8, 4) is 5.75 Å². The van der Waals surface area contributed by atoms with Crippen molar-refractivity contribution >= 4 is 46.7 Å². The standard InChI is InChI=1S/C16H15Cl2N3OS/c1-19-16(23)21-20-9-11-5-7-12(8-6-11)22-10-13-14(17)3-2-4-15(13)18/h2-9H,10H2,1H3,(H2,19,21,23)/b20-9+. The first-order valence-electron chi connectivity index (χ1n) is 6.76. The van der Waals surface area contributed by atoms with Crippen molar-refractivity contribution < 1.29 is 4.74 Å². The summed E-state index contributed by atoms with van der Waals surface area (Å²) < 4.78 is 5.71. The fraction of sp³-hybridized carbons (Fsp3) is 0.125. The van der Waals surface area contributed by atoms with Gasteiger partial charge in [0.25, 0.3) is 0 Å². The second kappa shape index (κ2) is 8.72. The van der Waals surface area contributed by atoms with E-state index < -0.39 is 0 Å². The molecule has 0 radical (unpaired) electrons. The van der Waals surface area contributed by atoms with Gasteiger partial charge in [-0.3, -0.25) is 5.43 Å². The predicted octanol–water partition coefficient (Wildman–Crippen LogP) is 4.00. The lowest BCUT2D eigenvalue weighted by molar-refractivity contribution is 0.306. The minimum atomic E-state index is 0.309. The molecule has 2 N–H and O–H groups in total. The summed E-state index contributed by atoms with van der Waals surface area (Å²) in [6.45, 7) is 0.309. The van der Waals surface area contributed by atoms with E-state index in [4.69, 9.17) is 40.2 Å². The molecule has 0 amide bonds. The van der Waals surface area contributed by atoms with Gasteiger partial charge in [0.15, 0.2) is 5.11 Å². The second-order valence-electron chi connectivity index (χ2n) is 4.51. The van der Waals surface area contributed by atoms with Crippen LogP contribution in [0.25, 0.3) is 0 Å². The van der Waals surface area contributed by atoms with E-state index >= 15 is 0 Å². The quantitative estimate of drug-likeness (QED) is 0.476. The van der Waals surface area contributed by atoms with Gasteiger partial charge in [-0.15, -0.1) is 0 Å². The maximum atomic E-state index is 6.11. The zero-order valence-corrected chi connectivity index (χ0v) is 14.7. The van der Waals surface area contributed by atoms with Crippen LogP contribution in [0.2, 0.25) is 10.0 Å². The van der Waals surface area contributed by atoms with Gasteiger partial charge in [0.05, 0.1) is 6.21 Å². The highest BCUT2D eigenvalue weighted by Crippen LogP contribution is 2.25. The Hall–Kier alpha value is -1.82. The highest BCUT2D eigenvalue weighted by molar-refractivity contribution is 7.80. The molecule has 0 atom stereocenters. The molecule has 23 heavy (non-hydrogen) atoms. The molecule has 0 saturated carbocycles. The highest BCUT2D eigenvalue weighted by atomic mass is 35.5. The van der Waals surface area contributed by atoms with E-state index in [9.17, 15) is 0 Å². The van der Waals surface area contributed by atoms with Crippen molar-refractivity contribution in [3.63, 3.8) is 0 Å².